The summed E-state index contributed by atoms with van der Waals surface area (Å²) in [4.78, 5) is 18.3. The lowest BCUT2D eigenvalue weighted by Crippen LogP contribution is -2.48. The monoisotopic (exact) mass is 345 g/mol. The van der Waals surface area contributed by atoms with Crippen molar-refractivity contribution in [1.29, 1.82) is 0 Å². The van der Waals surface area contributed by atoms with E-state index in [1.54, 1.807) is 11.3 Å². The fourth-order valence-corrected chi connectivity index (χ4v) is 6.17. The van der Waals surface area contributed by atoms with E-state index in [9.17, 15) is 4.79 Å². The van der Waals surface area contributed by atoms with Gasteiger partial charge in [-0.2, -0.15) is 0 Å². The molecule has 0 unspecified atom stereocenters. The van der Waals surface area contributed by atoms with Crippen LogP contribution in [0.2, 0.25) is 0 Å². The van der Waals surface area contributed by atoms with Gasteiger partial charge in [-0.3, -0.25) is 4.79 Å². The van der Waals surface area contributed by atoms with Crippen molar-refractivity contribution in [3.8, 4) is 0 Å². The van der Waals surface area contributed by atoms with Gasteiger partial charge in [-0.1, -0.05) is 25.0 Å². The molecule has 23 heavy (non-hydrogen) atoms. The average Bonchev–Trinajstić information content (AvgIpc) is 3.36. The molecule has 122 valence electrons. The second kappa shape index (κ2) is 6.40. The molecule has 2 fully saturated rings. The zero-order valence-electron chi connectivity index (χ0n) is 13.4. The van der Waals surface area contributed by atoms with Crippen LogP contribution in [0.4, 0.5) is 0 Å². The van der Waals surface area contributed by atoms with Crippen molar-refractivity contribution in [2.75, 3.05) is 13.1 Å². The Balaban J connectivity index is 1.49. The zero-order chi connectivity index (χ0) is 15.7. The minimum Gasteiger partial charge on any atom is -0.342 e. The summed E-state index contributed by atoms with van der Waals surface area (Å²) in [6.45, 7) is 1.85. The molecule has 1 saturated heterocycles. The van der Waals surface area contributed by atoms with E-state index in [1.165, 1.54) is 22.6 Å². The molecule has 2 nitrogen and oxygen atoms in total. The fourth-order valence-electron chi connectivity index (χ4n) is 4.29. The van der Waals surface area contributed by atoms with Crippen molar-refractivity contribution in [3.63, 3.8) is 0 Å². The van der Waals surface area contributed by atoms with E-state index in [0.29, 0.717) is 11.8 Å². The lowest BCUT2D eigenvalue weighted by Gasteiger charge is -2.38. The van der Waals surface area contributed by atoms with Crippen LogP contribution in [0.25, 0.3) is 0 Å². The summed E-state index contributed by atoms with van der Waals surface area (Å²) in [6, 6.07) is 8.65. The first kappa shape index (κ1) is 15.4. The molecule has 4 rings (SSSR count). The van der Waals surface area contributed by atoms with Crippen molar-refractivity contribution in [1.82, 2.24) is 4.90 Å². The maximum atomic E-state index is 13.3. The molecule has 0 spiro atoms. The molecule has 1 aliphatic carbocycles. The largest absolute Gasteiger partial charge is 0.342 e. The zero-order valence-corrected chi connectivity index (χ0v) is 15.0. The number of piperidine rings is 1. The quantitative estimate of drug-likeness (QED) is 0.764. The summed E-state index contributed by atoms with van der Waals surface area (Å²) in [7, 11) is 0. The Bertz CT molecular complexity index is 633. The fraction of sp³-hybridized carbons (Fsp3) is 0.526. The number of hydrogen-bond donors (Lipinski definition) is 0. The van der Waals surface area contributed by atoms with Gasteiger partial charge in [0.05, 0.1) is 5.41 Å². The van der Waals surface area contributed by atoms with E-state index in [4.69, 9.17) is 0 Å². The Morgan fingerprint density at radius 2 is 1.74 bits per heavy atom. The number of carbonyl (C=O) groups excluding carboxylic acids is 1. The highest BCUT2D eigenvalue weighted by Crippen LogP contribution is 2.45. The minimum atomic E-state index is -0.204. The molecule has 0 atom stereocenters. The Kier molecular flexibility index (Phi) is 4.29. The van der Waals surface area contributed by atoms with E-state index in [-0.39, 0.29) is 5.41 Å². The van der Waals surface area contributed by atoms with Gasteiger partial charge in [-0.15, -0.1) is 22.7 Å². The number of likely N-dealkylation sites (tertiary alicyclic amines) is 1. The van der Waals surface area contributed by atoms with Crippen LogP contribution in [0.1, 0.15) is 54.2 Å². The van der Waals surface area contributed by atoms with Crippen LogP contribution >= 0.6 is 22.7 Å². The molecule has 0 N–H and O–H groups in total. The summed E-state index contributed by atoms with van der Waals surface area (Å²) in [6.07, 6.45) is 6.69. The van der Waals surface area contributed by atoms with Crippen LogP contribution in [0.15, 0.2) is 35.0 Å². The highest BCUT2D eigenvalue weighted by molar-refractivity contribution is 7.10. The standard InChI is InChI=1S/C19H23NOS2/c21-18(19(9-1-2-10-19)17-6-4-14-23-17)20-11-7-15(8-12-20)16-5-3-13-22-16/h3-6,13-15H,1-2,7-12H2. The molecule has 3 heterocycles. The first-order valence-electron chi connectivity index (χ1n) is 8.66. The summed E-state index contributed by atoms with van der Waals surface area (Å²) in [5.74, 6) is 1.06. The van der Waals surface area contributed by atoms with Crippen molar-refractivity contribution in [2.45, 2.75) is 49.9 Å². The first-order chi connectivity index (χ1) is 11.3. The van der Waals surface area contributed by atoms with Crippen molar-refractivity contribution in [2.24, 2.45) is 0 Å². The number of nitrogens with zero attached hydrogens (tertiary/aromatic N) is 1. The van der Waals surface area contributed by atoms with Crippen molar-refractivity contribution in [3.05, 3.63) is 44.8 Å². The normalized spacial score (nSPS) is 21.7. The highest BCUT2D eigenvalue weighted by atomic mass is 32.1. The lowest BCUT2D eigenvalue weighted by molar-refractivity contribution is -0.138. The van der Waals surface area contributed by atoms with Gasteiger partial charge in [0, 0.05) is 22.8 Å². The van der Waals surface area contributed by atoms with Gasteiger partial charge in [0.2, 0.25) is 5.91 Å². The van der Waals surface area contributed by atoms with Crippen LogP contribution in [-0.4, -0.2) is 23.9 Å². The number of amides is 1. The average molecular weight is 346 g/mol. The van der Waals surface area contributed by atoms with Gasteiger partial charge >= 0.3 is 0 Å². The molecule has 4 heteroatoms. The van der Waals surface area contributed by atoms with E-state index in [1.807, 2.05) is 11.3 Å². The van der Waals surface area contributed by atoms with Crippen molar-refractivity contribution < 1.29 is 4.79 Å². The lowest BCUT2D eigenvalue weighted by atomic mass is 9.82. The molecule has 2 aliphatic rings. The molecule has 1 saturated carbocycles. The molecule has 2 aromatic heterocycles. The predicted octanol–water partition coefficient (Wildman–Crippen LogP) is 5.03. The summed E-state index contributed by atoms with van der Waals surface area (Å²) in [5, 5.41) is 4.28. The molecule has 0 aromatic carbocycles. The number of thiophene rings is 2. The van der Waals surface area contributed by atoms with Gasteiger partial charge in [0.15, 0.2) is 0 Å². The van der Waals surface area contributed by atoms with Crippen LogP contribution < -0.4 is 0 Å². The van der Waals surface area contributed by atoms with Gasteiger partial charge in [-0.25, -0.2) is 0 Å². The Hall–Kier alpha value is -1.13. The molecular weight excluding hydrogens is 322 g/mol. The van der Waals surface area contributed by atoms with E-state index < -0.39 is 0 Å². The second-order valence-corrected chi connectivity index (χ2v) is 8.78. The van der Waals surface area contributed by atoms with Crippen LogP contribution in [0.5, 0.6) is 0 Å². The molecule has 0 bridgehead atoms. The molecular formula is C19H23NOS2. The molecule has 0 radical (unpaired) electrons. The minimum absolute atomic E-state index is 0.204. The van der Waals surface area contributed by atoms with Gasteiger partial charge in [0.1, 0.15) is 0 Å². The van der Waals surface area contributed by atoms with Crippen LogP contribution in [0.3, 0.4) is 0 Å². The SMILES string of the molecule is O=C(N1CCC(c2cccs2)CC1)C1(c2cccs2)CCCC1. The Morgan fingerprint density at radius 3 is 2.35 bits per heavy atom. The summed E-state index contributed by atoms with van der Waals surface area (Å²) in [5.41, 5.74) is -0.204. The predicted molar refractivity (Wildman–Crippen MR) is 97.3 cm³/mol. The van der Waals surface area contributed by atoms with E-state index in [0.717, 1.165) is 38.8 Å². The Morgan fingerprint density at radius 1 is 1.04 bits per heavy atom. The summed E-state index contributed by atoms with van der Waals surface area (Å²) < 4.78 is 0. The highest BCUT2D eigenvalue weighted by Gasteiger charge is 2.46. The van der Waals surface area contributed by atoms with E-state index >= 15 is 0 Å². The van der Waals surface area contributed by atoms with Gasteiger partial charge in [-0.05, 0) is 54.5 Å². The van der Waals surface area contributed by atoms with Crippen LogP contribution in [-0.2, 0) is 10.2 Å². The number of carbonyl (C=O) groups is 1. The maximum Gasteiger partial charge on any atom is 0.234 e. The van der Waals surface area contributed by atoms with Crippen molar-refractivity contribution >= 4 is 28.6 Å². The van der Waals surface area contributed by atoms with E-state index in [2.05, 4.69) is 39.9 Å². The Labute approximate surface area is 146 Å². The third-order valence-electron chi connectivity index (χ3n) is 5.59. The smallest absolute Gasteiger partial charge is 0.234 e. The maximum absolute atomic E-state index is 13.3. The third kappa shape index (κ3) is 2.76. The number of rotatable bonds is 3. The van der Waals surface area contributed by atoms with Gasteiger partial charge in [0.25, 0.3) is 0 Å². The topological polar surface area (TPSA) is 20.3 Å². The second-order valence-electron chi connectivity index (χ2n) is 6.85. The number of hydrogen-bond acceptors (Lipinski definition) is 3. The van der Waals surface area contributed by atoms with Crippen LogP contribution in [0, 0.1) is 0 Å². The molecule has 1 amide bonds. The molecule has 1 aliphatic heterocycles. The third-order valence-corrected chi connectivity index (χ3v) is 7.70. The summed E-state index contributed by atoms with van der Waals surface area (Å²) >= 11 is 3.62. The van der Waals surface area contributed by atoms with Gasteiger partial charge < -0.3 is 4.90 Å². The molecule has 2 aromatic rings. The first-order valence-corrected chi connectivity index (χ1v) is 10.4.